The highest BCUT2D eigenvalue weighted by atomic mass is 32.2. The Balaban J connectivity index is 2.66. The summed E-state index contributed by atoms with van der Waals surface area (Å²) in [5, 5.41) is 2.78. The van der Waals surface area contributed by atoms with Crippen molar-refractivity contribution in [1.82, 2.24) is 9.62 Å². The lowest BCUT2D eigenvalue weighted by atomic mass is 9.95. The van der Waals surface area contributed by atoms with Crippen LogP contribution in [-0.4, -0.2) is 49.3 Å². The smallest absolute Gasteiger partial charge is 0.407 e. The van der Waals surface area contributed by atoms with Crippen LogP contribution in [0.4, 0.5) is 4.79 Å². The summed E-state index contributed by atoms with van der Waals surface area (Å²) in [5.41, 5.74) is -0.558. The average Bonchev–Trinajstić information content (AvgIpc) is 2.29. The minimum Gasteiger partial charge on any atom is -0.444 e. The number of nitrogens with zero attached hydrogens (tertiary/aromatic N) is 1. The molecule has 7 heteroatoms. The van der Waals surface area contributed by atoms with Gasteiger partial charge in [-0.1, -0.05) is 6.92 Å². The van der Waals surface area contributed by atoms with Crippen LogP contribution in [0.5, 0.6) is 0 Å². The van der Waals surface area contributed by atoms with E-state index >= 15 is 0 Å². The molecule has 1 amide bonds. The lowest BCUT2D eigenvalue weighted by molar-refractivity contribution is 0.0463. The third kappa shape index (κ3) is 4.94. The largest absolute Gasteiger partial charge is 0.444 e. The van der Waals surface area contributed by atoms with Crippen LogP contribution in [0, 0.1) is 5.92 Å². The molecule has 1 heterocycles. The summed E-state index contributed by atoms with van der Waals surface area (Å²) in [4.78, 5) is 11.8. The summed E-state index contributed by atoms with van der Waals surface area (Å²) in [6, 6.07) is -0.208. The third-order valence-electron chi connectivity index (χ3n) is 3.38. The van der Waals surface area contributed by atoms with Crippen LogP contribution in [0.25, 0.3) is 0 Å². The van der Waals surface area contributed by atoms with Crippen molar-refractivity contribution in [3.63, 3.8) is 0 Å². The van der Waals surface area contributed by atoms with Gasteiger partial charge in [0.05, 0.1) is 5.75 Å². The molecule has 2 atom stereocenters. The minimum absolute atomic E-state index is 0.0839. The first kappa shape index (κ1) is 17.2. The second-order valence-corrected chi connectivity index (χ2v) is 8.53. The molecule has 0 aliphatic carbocycles. The van der Waals surface area contributed by atoms with E-state index in [1.165, 1.54) is 4.31 Å². The molecular formula is C13H26N2O4S. The van der Waals surface area contributed by atoms with Gasteiger partial charge < -0.3 is 10.1 Å². The second-order valence-electron chi connectivity index (χ2n) is 6.28. The van der Waals surface area contributed by atoms with Gasteiger partial charge in [0.15, 0.2) is 0 Å². The maximum atomic E-state index is 11.9. The van der Waals surface area contributed by atoms with Crippen LogP contribution >= 0.6 is 0 Å². The Labute approximate surface area is 121 Å². The molecule has 0 radical (unpaired) electrons. The lowest BCUT2D eigenvalue weighted by Crippen LogP contribution is -2.54. The second kappa shape index (κ2) is 6.30. The van der Waals surface area contributed by atoms with Crippen molar-refractivity contribution >= 4 is 16.1 Å². The zero-order chi connectivity index (χ0) is 15.6. The quantitative estimate of drug-likeness (QED) is 0.859. The highest BCUT2D eigenvalue weighted by Gasteiger charge is 2.33. The van der Waals surface area contributed by atoms with Crippen molar-refractivity contribution in [2.24, 2.45) is 5.92 Å². The summed E-state index contributed by atoms with van der Waals surface area (Å²) < 4.78 is 30.5. The Kier molecular flexibility index (Phi) is 5.43. The first-order chi connectivity index (χ1) is 9.05. The fourth-order valence-electron chi connectivity index (χ4n) is 2.12. The van der Waals surface area contributed by atoms with E-state index in [4.69, 9.17) is 4.74 Å². The number of ether oxygens (including phenoxy) is 1. The summed E-state index contributed by atoms with van der Waals surface area (Å²) in [5.74, 6) is 0.311. The SMILES string of the molecule is CCS(=O)(=O)N1CC[C@@H](C)C(NC(=O)OC(C)(C)C)C1. The predicted octanol–water partition coefficient (Wildman–Crippen LogP) is 1.57. The molecule has 6 nitrogen and oxygen atoms in total. The average molecular weight is 306 g/mol. The molecule has 118 valence electrons. The van der Waals surface area contributed by atoms with Crippen LogP contribution in [0.1, 0.15) is 41.0 Å². The van der Waals surface area contributed by atoms with Gasteiger partial charge in [0.25, 0.3) is 0 Å². The van der Waals surface area contributed by atoms with E-state index < -0.39 is 21.7 Å². The number of rotatable bonds is 3. The number of amides is 1. The van der Waals surface area contributed by atoms with Crippen molar-refractivity contribution in [3.8, 4) is 0 Å². The van der Waals surface area contributed by atoms with Crippen LogP contribution in [0.3, 0.4) is 0 Å². The lowest BCUT2D eigenvalue weighted by Gasteiger charge is -2.36. The molecule has 1 rings (SSSR count). The molecule has 1 saturated heterocycles. The molecule has 0 aromatic carbocycles. The van der Waals surface area contributed by atoms with Gasteiger partial charge in [-0.25, -0.2) is 13.2 Å². The van der Waals surface area contributed by atoms with Crippen LogP contribution < -0.4 is 5.32 Å². The van der Waals surface area contributed by atoms with Crippen LogP contribution in [0.2, 0.25) is 0 Å². The topological polar surface area (TPSA) is 75.7 Å². The van der Waals surface area contributed by atoms with E-state index in [1.54, 1.807) is 27.7 Å². The van der Waals surface area contributed by atoms with Crippen molar-refractivity contribution in [2.45, 2.75) is 52.7 Å². The molecule has 20 heavy (non-hydrogen) atoms. The molecule has 0 aromatic heterocycles. The number of hydrogen-bond acceptors (Lipinski definition) is 4. The van der Waals surface area contributed by atoms with Gasteiger partial charge in [0, 0.05) is 19.1 Å². The van der Waals surface area contributed by atoms with Crippen molar-refractivity contribution in [1.29, 1.82) is 0 Å². The van der Waals surface area contributed by atoms with Gasteiger partial charge in [0.2, 0.25) is 10.0 Å². The van der Waals surface area contributed by atoms with E-state index in [0.717, 1.165) is 6.42 Å². The number of carbonyl (C=O) groups excluding carboxylic acids is 1. The van der Waals surface area contributed by atoms with Gasteiger partial charge in [0.1, 0.15) is 5.60 Å². The molecular weight excluding hydrogens is 280 g/mol. The molecule has 0 bridgehead atoms. The molecule has 0 saturated carbocycles. The van der Waals surface area contributed by atoms with Gasteiger partial charge in [-0.2, -0.15) is 4.31 Å². The Hall–Kier alpha value is -0.820. The highest BCUT2D eigenvalue weighted by Crippen LogP contribution is 2.20. The molecule has 1 aliphatic rings. The first-order valence-corrected chi connectivity index (χ1v) is 8.63. The zero-order valence-electron chi connectivity index (χ0n) is 13.0. The summed E-state index contributed by atoms with van der Waals surface area (Å²) in [6.07, 6.45) is 0.241. The van der Waals surface area contributed by atoms with Crippen molar-refractivity contribution in [2.75, 3.05) is 18.8 Å². The number of sulfonamides is 1. The molecule has 1 N–H and O–H groups in total. The summed E-state index contributed by atoms with van der Waals surface area (Å²) in [6.45, 7) is 9.86. The fraction of sp³-hybridized carbons (Fsp3) is 0.923. The highest BCUT2D eigenvalue weighted by molar-refractivity contribution is 7.89. The summed E-state index contributed by atoms with van der Waals surface area (Å²) >= 11 is 0. The number of piperidine rings is 1. The van der Waals surface area contributed by atoms with Gasteiger partial charge >= 0.3 is 6.09 Å². The monoisotopic (exact) mass is 306 g/mol. The Bertz CT molecular complexity index is 442. The Morgan fingerprint density at radius 3 is 2.50 bits per heavy atom. The maximum absolute atomic E-state index is 11.9. The van der Waals surface area contributed by atoms with Crippen LogP contribution in [-0.2, 0) is 14.8 Å². The van der Waals surface area contributed by atoms with E-state index in [0.29, 0.717) is 13.1 Å². The van der Waals surface area contributed by atoms with E-state index in [2.05, 4.69) is 5.32 Å². The van der Waals surface area contributed by atoms with Gasteiger partial charge in [-0.3, -0.25) is 0 Å². The van der Waals surface area contributed by atoms with Gasteiger partial charge in [-0.15, -0.1) is 0 Å². The number of alkyl carbamates (subject to hydrolysis) is 1. The molecule has 1 fully saturated rings. The van der Waals surface area contributed by atoms with Crippen LogP contribution in [0.15, 0.2) is 0 Å². The number of nitrogens with one attached hydrogen (secondary N) is 1. The minimum atomic E-state index is -3.21. The normalized spacial score (nSPS) is 25.2. The molecule has 0 aromatic rings. The molecule has 0 spiro atoms. The molecule has 1 unspecified atom stereocenters. The van der Waals surface area contributed by atoms with E-state index in [1.807, 2.05) is 6.92 Å². The fourth-order valence-corrected chi connectivity index (χ4v) is 3.26. The first-order valence-electron chi connectivity index (χ1n) is 7.02. The number of hydrogen-bond donors (Lipinski definition) is 1. The summed E-state index contributed by atoms with van der Waals surface area (Å²) in [7, 11) is -3.21. The standard InChI is InChI=1S/C13H26N2O4S/c1-6-20(17,18)15-8-7-10(2)11(9-15)14-12(16)19-13(3,4)5/h10-11H,6-9H2,1-5H3,(H,14,16)/t10-,11?/m1/s1. The maximum Gasteiger partial charge on any atom is 0.407 e. The van der Waals surface area contributed by atoms with Gasteiger partial charge in [-0.05, 0) is 40.0 Å². The van der Waals surface area contributed by atoms with E-state index in [-0.39, 0.29) is 17.7 Å². The molecule has 1 aliphatic heterocycles. The van der Waals surface area contributed by atoms with E-state index in [9.17, 15) is 13.2 Å². The predicted molar refractivity (Wildman–Crippen MR) is 78.0 cm³/mol. The Morgan fingerprint density at radius 2 is 2.00 bits per heavy atom. The van der Waals surface area contributed by atoms with Crippen molar-refractivity contribution in [3.05, 3.63) is 0 Å². The number of carbonyl (C=O) groups is 1. The Morgan fingerprint density at radius 1 is 1.40 bits per heavy atom. The third-order valence-corrected chi connectivity index (χ3v) is 5.23. The van der Waals surface area contributed by atoms with Crippen molar-refractivity contribution < 1.29 is 17.9 Å². The zero-order valence-corrected chi connectivity index (χ0v) is 13.8.